The number of amides is 1. The summed E-state index contributed by atoms with van der Waals surface area (Å²) < 4.78 is 13.3. The van der Waals surface area contributed by atoms with E-state index in [4.69, 9.17) is 0 Å². The highest BCUT2D eigenvalue weighted by Crippen LogP contribution is 2.38. The van der Waals surface area contributed by atoms with Gasteiger partial charge in [-0.2, -0.15) is 0 Å². The molecule has 1 aromatic carbocycles. The lowest BCUT2D eigenvalue weighted by Gasteiger charge is -2.36. The molecule has 2 aliphatic heterocycles. The minimum absolute atomic E-state index is 0.0327. The van der Waals surface area contributed by atoms with E-state index in [0.29, 0.717) is 17.8 Å². The van der Waals surface area contributed by atoms with Crippen LogP contribution in [0.25, 0.3) is 0 Å². The number of likely N-dealkylation sites (tertiary alicyclic amines) is 2. The number of hydrogen-bond acceptors (Lipinski definition) is 7. The molecule has 3 atom stereocenters. The fourth-order valence-electron chi connectivity index (χ4n) is 5.24. The molecule has 0 saturated carbocycles. The van der Waals surface area contributed by atoms with Crippen molar-refractivity contribution in [2.24, 2.45) is 11.8 Å². The van der Waals surface area contributed by atoms with Crippen molar-refractivity contribution >= 4 is 28.8 Å². The van der Waals surface area contributed by atoms with E-state index in [2.05, 4.69) is 22.2 Å². The summed E-state index contributed by atoms with van der Waals surface area (Å²) >= 11 is 1.38. The Morgan fingerprint density at radius 3 is 2.50 bits per heavy atom. The van der Waals surface area contributed by atoms with Gasteiger partial charge in [-0.05, 0) is 90.0 Å². The summed E-state index contributed by atoms with van der Waals surface area (Å²) in [6.07, 6.45) is 3.69. The average molecular weight is 515 g/mol. The summed E-state index contributed by atoms with van der Waals surface area (Å²) in [5.74, 6) is -0.730. The average Bonchev–Trinajstić information content (AvgIpc) is 3.57. The van der Waals surface area contributed by atoms with Crippen LogP contribution in [0.2, 0.25) is 0 Å². The van der Waals surface area contributed by atoms with Crippen LogP contribution in [0.3, 0.4) is 0 Å². The molecule has 36 heavy (non-hydrogen) atoms. The summed E-state index contributed by atoms with van der Waals surface area (Å²) in [5.41, 5.74) is 0.692. The Hall–Kier alpha value is -2.49. The van der Waals surface area contributed by atoms with Gasteiger partial charge < -0.3 is 15.1 Å². The molecular weight excluding hydrogens is 479 g/mol. The molecule has 0 bridgehead atoms. The number of carbonyl (C=O) groups excluding carboxylic acids is 3. The normalized spacial score (nSPS) is 20.9. The van der Waals surface area contributed by atoms with E-state index in [1.165, 1.54) is 35.6 Å². The number of ketones is 2. The highest BCUT2D eigenvalue weighted by molar-refractivity contribution is 7.10. The zero-order valence-corrected chi connectivity index (χ0v) is 22.0. The third kappa shape index (κ3) is 5.90. The predicted octanol–water partition coefficient (Wildman–Crippen LogP) is 3.70. The predicted molar refractivity (Wildman–Crippen MR) is 137 cm³/mol. The number of hydrogen-bond donors (Lipinski definition) is 1. The van der Waals surface area contributed by atoms with Crippen molar-refractivity contribution in [2.45, 2.75) is 51.1 Å². The molecule has 1 N–H and O–H groups in total. The van der Waals surface area contributed by atoms with Crippen LogP contribution in [-0.4, -0.2) is 72.0 Å². The number of nitrogens with zero attached hydrogens (tertiary/aromatic N) is 3. The third-order valence-corrected chi connectivity index (χ3v) is 8.61. The van der Waals surface area contributed by atoms with Gasteiger partial charge in [-0.15, -0.1) is 11.3 Å². The van der Waals surface area contributed by atoms with Crippen LogP contribution in [0.5, 0.6) is 0 Å². The highest BCUT2D eigenvalue weighted by Gasteiger charge is 2.40. The van der Waals surface area contributed by atoms with Crippen LogP contribution in [0.1, 0.15) is 66.1 Å². The number of likely N-dealkylation sites (N-methyl/N-ethyl adjacent to an activating group) is 1. The fourth-order valence-corrected chi connectivity index (χ4v) is 6.18. The second kappa shape index (κ2) is 11.7. The van der Waals surface area contributed by atoms with Crippen LogP contribution in [0, 0.1) is 17.7 Å². The molecule has 2 aliphatic rings. The number of carbonyl (C=O) groups is 3. The van der Waals surface area contributed by atoms with Crippen LogP contribution in [0.4, 0.5) is 4.39 Å². The molecule has 2 fully saturated rings. The fraction of sp³-hybridized carbons (Fsp3) is 0.556. The number of thiazole rings is 1. The van der Waals surface area contributed by atoms with Crippen molar-refractivity contribution in [2.75, 3.05) is 33.7 Å². The maximum Gasteiger partial charge on any atom is 0.227 e. The maximum absolute atomic E-state index is 14.0. The van der Waals surface area contributed by atoms with Gasteiger partial charge in [0.1, 0.15) is 22.3 Å². The zero-order chi connectivity index (χ0) is 25.8. The second-order valence-corrected chi connectivity index (χ2v) is 10.9. The standard InChI is InChI=1S/C27H35FN4O3S/c1-17(29-2)24(33)15-21(18-10-13-31(3)14-11-18)27(35)32-12-4-5-23(32)26-30-22(16-36-26)25(34)19-6-8-20(28)9-7-19/h6-9,16-18,21,23,29H,4-5,10-15H2,1-3H3/t17-,21-,23-/m0/s1. The molecule has 0 unspecified atom stereocenters. The van der Waals surface area contributed by atoms with Gasteiger partial charge in [0, 0.05) is 29.8 Å². The molecule has 9 heteroatoms. The third-order valence-electron chi connectivity index (χ3n) is 7.67. The highest BCUT2D eigenvalue weighted by atomic mass is 32.1. The second-order valence-electron chi connectivity index (χ2n) is 10.0. The van der Waals surface area contributed by atoms with Gasteiger partial charge in [-0.25, -0.2) is 9.37 Å². The smallest absolute Gasteiger partial charge is 0.227 e. The monoisotopic (exact) mass is 514 g/mol. The van der Waals surface area contributed by atoms with Gasteiger partial charge in [-0.3, -0.25) is 14.4 Å². The van der Waals surface area contributed by atoms with Crippen molar-refractivity contribution in [1.29, 1.82) is 0 Å². The van der Waals surface area contributed by atoms with Crippen molar-refractivity contribution in [3.05, 3.63) is 51.7 Å². The van der Waals surface area contributed by atoms with Crippen LogP contribution < -0.4 is 5.32 Å². The lowest BCUT2D eigenvalue weighted by Crippen LogP contribution is -2.44. The quantitative estimate of drug-likeness (QED) is 0.514. The molecule has 4 rings (SSSR count). The summed E-state index contributed by atoms with van der Waals surface area (Å²) in [6, 6.07) is 4.95. The SMILES string of the molecule is CN[C@@H](C)C(=O)C[C@H](C(=O)N1CCC[C@H]1c1nc(C(=O)c2ccc(F)cc2)cs1)C1CCN(C)CC1. The summed E-state index contributed by atoms with van der Waals surface area (Å²) in [4.78, 5) is 48.5. The molecule has 1 aromatic heterocycles. The van der Waals surface area contributed by atoms with Gasteiger partial charge >= 0.3 is 0 Å². The van der Waals surface area contributed by atoms with Crippen LogP contribution in [0.15, 0.2) is 29.6 Å². The first-order chi connectivity index (χ1) is 17.3. The molecule has 3 heterocycles. The van der Waals surface area contributed by atoms with Gasteiger partial charge in [-0.1, -0.05) is 0 Å². The van der Waals surface area contributed by atoms with Crippen molar-refractivity contribution in [3.63, 3.8) is 0 Å². The summed E-state index contributed by atoms with van der Waals surface area (Å²) in [7, 11) is 3.85. The molecule has 7 nitrogen and oxygen atoms in total. The summed E-state index contributed by atoms with van der Waals surface area (Å²) in [5, 5.41) is 5.47. The van der Waals surface area contributed by atoms with Gasteiger partial charge in [0.25, 0.3) is 0 Å². The number of nitrogens with one attached hydrogen (secondary N) is 1. The number of Topliss-reactive ketones (excluding diaryl/α,β-unsaturated/α-hetero) is 1. The number of benzene rings is 1. The zero-order valence-electron chi connectivity index (χ0n) is 21.2. The first-order valence-corrected chi connectivity index (χ1v) is 13.6. The minimum Gasteiger partial charge on any atom is -0.333 e. The van der Waals surface area contributed by atoms with E-state index in [1.807, 2.05) is 11.8 Å². The van der Waals surface area contributed by atoms with E-state index in [9.17, 15) is 18.8 Å². The van der Waals surface area contributed by atoms with Gasteiger partial charge in [0.05, 0.1) is 12.1 Å². The molecule has 0 aliphatic carbocycles. The Morgan fingerprint density at radius 1 is 1.14 bits per heavy atom. The van der Waals surface area contributed by atoms with Gasteiger partial charge in [0.2, 0.25) is 11.7 Å². The largest absolute Gasteiger partial charge is 0.333 e. The number of rotatable bonds is 9. The molecular formula is C27H35FN4O3S. The van der Waals surface area contributed by atoms with E-state index in [1.54, 1.807) is 12.4 Å². The van der Waals surface area contributed by atoms with Crippen molar-refractivity contribution < 1.29 is 18.8 Å². The molecule has 2 aromatic rings. The van der Waals surface area contributed by atoms with Crippen LogP contribution >= 0.6 is 11.3 Å². The summed E-state index contributed by atoms with van der Waals surface area (Å²) in [6.45, 7) is 4.32. The van der Waals surface area contributed by atoms with E-state index >= 15 is 0 Å². The van der Waals surface area contributed by atoms with E-state index in [0.717, 1.165) is 43.8 Å². The maximum atomic E-state index is 14.0. The molecule has 1 amide bonds. The first-order valence-electron chi connectivity index (χ1n) is 12.7. The number of aromatic nitrogens is 1. The van der Waals surface area contributed by atoms with E-state index < -0.39 is 5.82 Å². The van der Waals surface area contributed by atoms with Crippen molar-refractivity contribution in [3.8, 4) is 0 Å². The minimum atomic E-state index is -0.396. The molecule has 194 valence electrons. The molecule has 2 saturated heterocycles. The Morgan fingerprint density at radius 2 is 1.83 bits per heavy atom. The van der Waals surface area contributed by atoms with E-state index in [-0.39, 0.29) is 47.8 Å². The first kappa shape index (κ1) is 26.6. The van der Waals surface area contributed by atoms with Gasteiger partial charge in [0.15, 0.2) is 0 Å². The van der Waals surface area contributed by atoms with Crippen LogP contribution in [-0.2, 0) is 9.59 Å². The Balaban J connectivity index is 1.53. The lowest BCUT2D eigenvalue weighted by atomic mass is 9.79. The van der Waals surface area contributed by atoms with Crippen molar-refractivity contribution in [1.82, 2.24) is 20.1 Å². The number of piperidine rings is 1. The Kier molecular flexibility index (Phi) is 8.64. The molecule has 0 spiro atoms. The number of halogens is 1. The Labute approximate surface area is 216 Å². The topological polar surface area (TPSA) is 82.6 Å². The molecule has 0 radical (unpaired) electrons. The Bertz CT molecular complexity index is 1080. The lowest BCUT2D eigenvalue weighted by molar-refractivity contribution is -0.142.